The van der Waals surface area contributed by atoms with Crippen LogP contribution in [0.1, 0.15) is 31.1 Å². The Hall–Kier alpha value is -0.260. The first kappa shape index (κ1) is 21.8. The van der Waals surface area contributed by atoms with Gasteiger partial charge in [-0.1, -0.05) is 0 Å². The molecule has 5 N–H and O–H groups in total. The Bertz CT molecular complexity index is 695. The quantitative estimate of drug-likeness (QED) is 0.256. The van der Waals surface area contributed by atoms with E-state index in [0.717, 1.165) is 0 Å². The zero-order valence-electron chi connectivity index (χ0n) is 12.2. The van der Waals surface area contributed by atoms with Gasteiger partial charge >= 0.3 is 5.97 Å². The maximum atomic E-state index is 12.3. The summed E-state index contributed by atoms with van der Waals surface area (Å²) in [5.74, 6) is -2.10. The number of nitrogens with one attached hydrogen (secondary N) is 1. The number of aliphatic hydroxyl groups is 2. The second-order valence-corrected chi connectivity index (χ2v) is 7.68. The second kappa shape index (κ2) is 9.44. The first-order valence-electron chi connectivity index (χ1n) is 6.35. The molecule has 0 aliphatic heterocycles. The average molecular weight is 674 g/mol. The van der Waals surface area contributed by atoms with Gasteiger partial charge in [0, 0.05) is 17.8 Å². The Labute approximate surface area is 178 Å². The van der Waals surface area contributed by atoms with Crippen LogP contribution in [0.2, 0.25) is 0 Å². The summed E-state index contributed by atoms with van der Waals surface area (Å²) >= 11 is 5.43. The van der Waals surface area contributed by atoms with Crippen LogP contribution in [0.4, 0.5) is 0 Å². The Morgan fingerprint density at radius 2 is 1.62 bits per heavy atom. The van der Waals surface area contributed by atoms with Gasteiger partial charge in [0.25, 0.3) is 11.8 Å². The van der Waals surface area contributed by atoms with E-state index < -0.39 is 37.1 Å². The van der Waals surface area contributed by atoms with Crippen LogP contribution >= 0.6 is 67.8 Å². The number of carbonyl (C=O) groups is 3. The number of nitrogens with two attached hydrogens (primary N) is 1. The van der Waals surface area contributed by atoms with Crippen molar-refractivity contribution in [2.45, 2.75) is 6.10 Å². The Balaban J connectivity index is 3.54. The average Bonchev–Trinajstić information content (AvgIpc) is 2.51. The summed E-state index contributed by atoms with van der Waals surface area (Å²) in [6.45, 7) is -0.987. The molecule has 0 aliphatic rings. The van der Waals surface area contributed by atoms with Crippen LogP contribution in [-0.4, -0.2) is 54.4 Å². The van der Waals surface area contributed by atoms with Crippen LogP contribution in [0, 0.1) is 10.7 Å². The first-order valence-corrected chi connectivity index (χ1v) is 9.59. The Morgan fingerprint density at radius 1 is 1.12 bits per heavy atom. The highest BCUT2D eigenvalue weighted by atomic mass is 127. The van der Waals surface area contributed by atoms with Gasteiger partial charge in [-0.25, -0.2) is 4.79 Å². The molecule has 24 heavy (non-hydrogen) atoms. The van der Waals surface area contributed by atoms with Gasteiger partial charge in [-0.3, -0.25) is 9.59 Å². The summed E-state index contributed by atoms with van der Waals surface area (Å²) in [5, 5.41) is 20.5. The van der Waals surface area contributed by atoms with E-state index in [0.29, 0.717) is 7.14 Å². The standard InChI is InChI=1S/C13H13I3N2O6/c1-18-12(22)6-8(14)5(11(17)21)9(15)7(10(6)16)13(23)24-3-4(20)2-19/h4,19-20H,2-3H2,1H3,(H2,17,21)(H,18,22). The molecule has 1 atom stereocenters. The summed E-state index contributed by atoms with van der Waals surface area (Å²) in [6.07, 6.45) is -1.22. The molecule has 0 saturated heterocycles. The fourth-order valence-corrected chi connectivity index (χ4v) is 6.31. The van der Waals surface area contributed by atoms with Crippen molar-refractivity contribution >= 4 is 85.6 Å². The smallest absolute Gasteiger partial charge is 0.340 e. The van der Waals surface area contributed by atoms with Crippen LogP contribution < -0.4 is 11.1 Å². The summed E-state index contributed by atoms with van der Waals surface area (Å²) in [4.78, 5) is 36.2. The zero-order chi connectivity index (χ0) is 18.6. The molecule has 0 aliphatic carbocycles. The highest BCUT2D eigenvalue weighted by Crippen LogP contribution is 2.32. The number of rotatable bonds is 6. The monoisotopic (exact) mass is 674 g/mol. The predicted octanol–water partition coefficient (Wildman–Crippen LogP) is 0.469. The van der Waals surface area contributed by atoms with Crippen LogP contribution in [0.3, 0.4) is 0 Å². The van der Waals surface area contributed by atoms with Crippen molar-refractivity contribution in [2.75, 3.05) is 20.3 Å². The molecule has 0 saturated carbocycles. The fourth-order valence-electron chi connectivity index (χ4n) is 1.68. The maximum absolute atomic E-state index is 12.3. The molecule has 0 heterocycles. The Morgan fingerprint density at radius 3 is 2.08 bits per heavy atom. The van der Waals surface area contributed by atoms with Crippen molar-refractivity contribution in [3.8, 4) is 0 Å². The zero-order valence-corrected chi connectivity index (χ0v) is 18.7. The SMILES string of the molecule is CNC(=O)c1c(I)c(C(N)=O)c(I)c(C(=O)OCC(O)CO)c1I. The summed E-state index contributed by atoms with van der Waals surface area (Å²) in [7, 11) is 1.42. The summed E-state index contributed by atoms with van der Waals surface area (Å²) in [5.41, 5.74) is 5.58. The minimum absolute atomic E-state index is 0.00848. The molecule has 11 heteroatoms. The largest absolute Gasteiger partial charge is 0.459 e. The molecule has 0 fully saturated rings. The van der Waals surface area contributed by atoms with Gasteiger partial charge in [-0.05, 0) is 67.8 Å². The molecule has 0 aromatic heterocycles. The van der Waals surface area contributed by atoms with Crippen molar-refractivity contribution in [3.05, 3.63) is 27.4 Å². The van der Waals surface area contributed by atoms with E-state index in [2.05, 4.69) is 5.32 Å². The number of halogens is 3. The highest BCUT2D eigenvalue weighted by molar-refractivity contribution is 14.1. The lowest BCUT2D eigenvalue weighted by Gasteiger charge is -2.17. The van der Waals surface area contributed by atoms with Crippen LogP contribution in [0.15, 0.2) is 0 Å². The molecule has 1 aromatic carbocycles. The maximum Gasteiger partial charge on any atom is 0.340 e. The van der Waals surface area contributed by atoms with E-state index >= 15 is 0 Å². The van der Waals surface area contributed by atoms with Crippen LogP contribution in [0.25, 0.3) is 0 Å². The highest BCUT2D eigenvalue weighted by Gasteiger charge is 2.30. The lowest BCUT2D eigenvalue weighted by molar-refractivity contribution is 0.00916. The number of esters is 1. The van der Waals surface area contributed by atoms with Crippen molar-refractivity contribution in [1.29, 1.82) is 0 Å². The van der Waals surface area contributed by atoms with Crippen molar-refractivity contribution in [1.82, 2.24) is 5.32 Å². The van der Waals surface area contributed by atoms with Gasteiger partial charge in [-0.15, -0.1) is 0 Å². The van der Waals surface area contributed by atoms with E-state index in [1.165, 1.54) is 7.05 Å². The predicted molar refractivity (Wildman–Crippen MR) is 110 cm³/mol. The number of hydrogen-bond acceptors (Lipinski definition) is 6. The van der Waals surface area contributed by atoms with Crippen molar-refractivity contribution in [2.24, 2.45) is 5.73 Å². The van der Waals surface area contributed by atoms with E-state index in [1.54, 1.807) is 22.6 Å². The normalized spacial score (nSPS) is 11.8. The fraction of sp³-hybridized carbons (Fsp3) is 0.308. The Kier molecular flexibility index (Phi) is 8.57. The molecule has 132 valence electrons. The van der Waals surface area contributed by atoms with Gasteiger partial charge in [0.05, 0.1) is 23.3 Å². The number of primary amides is 1. The molecule has 8 nitrogen and oxygen atoms in total. The number of hydrogen-bond donors (Lipinski definition) is 4. The molecular formula is C13H13I3N2O6. The third-order valence-corrected chi connectivity index (χ3v) is 6.08. The molecule has 0 spiro atoms. The number of carbonyl (C=O) groups excluding carboxylic acids is 3. The minimum Gasteiger partial charge on any atom is -0.459 e. The minimum atomic E-state index is -1.22. The lowest BCUT2D eigenvalue weighted by atomic mass is 10.0. The number of ether oxygens (including phenoxy) is 1. The third-order valence-electron chi connectivity index (χ3n) is 2.84. The summed E-state index contributed by atoms with van der Waals surface area (Å²) in [6, 6.07) is 0. The van der Waals surface area contributed by atoms with Gasteiger partial charge in [-0.2, -0.15) is 0 Å². The number of aliphatic hydroxyl groups excluding tert-OH is 2. The molecule has 1 rings (SSSR count). The molecule has 1 aromatic rings. The van der Waals surface area contributed by atoms with Crippen LogP contribution in [-0.2, 0) is 4.74 Å². The van der Waals surface area contributed by atoms with Crippen LogP contribution in [0.5, 0.6) is 0 Å². The lowest BCUT2D eigenvalue weighted by Crippen LogP contribution is -2.28. The van der Waals surface area contributed by atoms with E-state index in [-0.39, 0.29) is 20.3 Å². The molecule has 0 radical (unpaired) electrons. The molecule has 0 bridgehead atoms. The molecular weight excluding hydrogens is 661 g/mol. The number of benzene rings is 1. The van der Waals surface area contributed by atoms with Gasteiger partial charge in [0.2, 0.25) is 0 Å². The van der Waals surface area contributed by atoms with Gasteiger partial charge in [0.1, 0.15) is 12.7 Å². The third kappa shape index (κ3) is 4.67. The topological polar surface area (TPSA) is 139 Å². The van der Waals surface area contributed by atoms with Crippen molar-refractivity contribution < 1.29 is 29.3 Å². The second-order valence-electron chi connectivity index (χ2n) is 4.45. The first-order chi connectivity index (χ1) is 11.2. The van der Waals surface area contributed by atoms with E-state index in [4.69, 9.17) is 15.6 Å². The summed E-state index contributed by atoms with van der Waals surface area (Å²) < 4.78 is 5.83. The van der Waals surface area contributed by atoms with Gasteiger partial charge in [0.15, 0.2) is 0 Å². The molecule has 2 amide bonds. The van der Waals surface area contributed by atoms with E-state index in [9.17, 15) is 19.5 Å². The van der Waals surface area contributed by atoms with E-state index in [1.807, 2.05) is 45.2 Å². The van der Waals surface area contributed by atoms with Crippen molar-refractivity contribution in [3.63, 3.8) is 0 Å². The van der Waals surface area contributed by atoms with Gasteiger partial charge < -0.3 is 26.0 Å². The molecule has 1 unspecified atom stereocenters. The number of amides is 2.